The van der Waals surface area contributed by atoms with Crippen LogP contribution in [0.3, 0.4) is 0 Å². The van der Waals surface area contributed by atoms with Crippen molar-refractivity contribution in [3.8, 4) is 0 Å². The van der Waals surface area contributed by atoms with Gasteiger partial charge in [-0.3, -0.25) is 4.21 Å². The van der Waals surface area contributed by atoms with Crippen LogP contribution < -0.4 is 10.2 Å². The fraction of sp³-hybridized carbons (Fsp3) is 0.440. The molecule has 2 aliphatic heterocycles. The van der Waals surface area contributed by atoms with Crippen LogP contribution in [0.2, 0.25) is 5.02 Å². The molecule has 37 heavy (non-hydrogen) atoms. The molecule has 0 spiro atoms. The molecule has 0 amide bonds. The maximum atomic E-state index is 13.0. The number of carbonyl (C=O) groups is 1. The lowest BCUT2D eigenvalue weighted by molar-refractivity contribution is -0.0390. The van der Waals surface area contributed by atoms with Crippen molar-refractivity contribution in [3.63, 3.8) is 0 Å². The van der Waals surface area contributed by atoms with Gasteiger partial charge in [0.25, 0.3) is 0 Å². The third kappa shape index (κ3) is 3.91. The Morgan fingerprint density at radius 2 is 2.03 bits per heavy atom. The Bertz CT molecular complexity index is 1490. The fourth-order valence-electron chi connectivity index (χ4n) is 5.25. The molecular formula is C25H27ClN6O4S. The van der Waals surface area contributed by atoms with E-state index in [9.17, 15) is 9.00 Å². The van der Waals surface area contributed by atoms with Crippen LogP contribution in [-0.4, -0.2) is 62.8 Å². The highest BCUT2D eigenvalue weighted by Gasteiger charge is 2.48. The largest absolute Gasteiger partial charge is 0.452 e. The van der Waals surface area contributed by atoms with Gasteiger partial charge in [-0.25, -0.2) is 19.3 Å². The highest BCUT2D eigenvalue weighted by atomic mass is 35.5. The Morgan fingerprint density at radius 3 is 2.70 bits per heavy atom. The quantitative estimate of drug-likeness (QED) is 0.497. The number of hydrogen-bond acceptors (Lipinski definition) is 9. The zero-order chi connectivity index (χ0) is 28.3. The molecule has 0 radical (unpaired) electrons. The normalized spacial score (nSPS) is 22.6. The second-order valence-electron chi connectivity index (χ2n) is 9.56. The average Bonchev–Trinajstić information content (AvgIpc) is 3.50. The van der Waals surface area contributed by atoms with Crippen LogP contribution in [0.4, 0.5) is 16.6 Å². The van der Waals surface area contributed by atoms with E-state index in [1.807, 2.05) is 4.90 Å². The molecule has 0 bridgehead atoms. The minimum Gasteiger partial charge on any atom is -0.452 e. The van der Waals surface area contributed by atoms with Crippen LogP contribution in [0, 0.1) is 0 Å². The molecule has 2 aromatic heterocycles. The molecule has 1 atom stereocenters. The number of ether oxygens (including phenoxy) is 2. The first kappa shape index (κ1) is 21.0. The molecule has 2 fully saturated rings. The molecule has 6 rings (SSSR count). The number of hydrogen-bond donors (Lipinski definition) is 1. The van der Waals surface area contributed by atoms with E-state index < -0.39 is 35.1 Å². The molecule has 1 aromatic carbocycles. The highest BCUT2D eigenvalue weighted by molar-refractivity contribution is 7.85. The molecule has 1 unspecified atom stereocenters. The minimum atomic E-state index is -2.62. The van der Waals surface area contributed by atoms with Gasteiger partial charge in [-0.1, -0.05) is 23.7 Å². The zero-order valence-corrected chi connectivity index (χ0v) is 21.6. The van der Waals surface area contributed by atoms with E-state index in [0.29, 0.717) is 63.8 Å². The number of methoxy groups -OCH3 is 2. The second kappa shape index (κ2) is 9.07. The van der Waals surface area contributed by atoms with Gasteiger partial charge >= 0.3 is 6.09 Å². The summed E-state index contributed by atoms with van der Waals surface area (Å²) >= 11 is 6.06. The summed E-state index contributed by atoms with van der Waals surface area (Å²) in [5.74, 6) is 1.74. The Kier molecular flexibility index (Phi) is 5.14. The molecule has 4 heterocycles. The number of aryl methyl sites for hydroxylation is 1. The standard InChI is InChI=1S/C25H27ClN6O4S/c1-35-23(33)32-12-11-27-21(32)24(9-3-10-24)30-20-19-18(8-13-37(19)34)28-22(29-20)31-14-25(15-31,36-2)16-4-6-17(26)7-5-16/h4-7,11-12H,3,8-10,13-15H2,1-2H3,(H,28,29,30)/i2D3. The Labute approximate surface area is 226 Å². The number of anilines is 2. The molecule has 10 nitrogen and oxygen atoms in total. The molecular weight excluding hydrogens is 516 g/mol. The molecule has 1 N–H and O–H groups in total. The number of benzene rings is 1. The van der Waals surface area contributed by atoms with Crippen LogP contribution in [0.25, 0.3) is 0 Å². The summed E-state index contributed by atoms with van der Waals surface area (Å²) < 4.78 is 48.2. The van der Waals surface area contributed by atoms with E-state index >= 15 is 0 Å². The second-order valence-corrected chi connectivity index (χ2v) is 11.5. The summed E-state index contributed by atoms with van der Waals surface area (Å²) in [5.41, 5.74) is -0.434. The summed E-state index contributed by atoms with van der Waals surface area (Å²) in [7, 11) is -2.59. The number of imidazole rings is 1. The number of carbonyl (C=O) groups excluding carboxylic acids is 1. The van der Waals surface area contributed by atoms with E-state index in [4.69, 9.17) is 35.2 Å². The predicted octanol–water partition coefficient (Wildman–Crippen LogP) is 3.46. The van der Waals surface area contributed by atoms with Gasteiger partial charge in [-0.15, -0.1) is 0 Å². The summed E-state index contributed by atoms with van der Waals surface area (Å²) in [5, 5.41) is 4.02. The number of nitrogens with zero attached hydrogens (tertiary/aromatic N) is 5. The van der Waals surface area contributed by atoms with Gasteiger partial charge in [0.2, 0.25) is 5.95 Å². The first-order valence-electron chi connectivity index (χ1n) is 13.4. The van der Waals surface area contributed by atoms with Crippen LogP contribution in [0.15, 0.2) is 41.6 Å². The molecule has 1 saturated carbocycles. The van der Waals surface area contributed by atoms with E-state index in [-0.39, 0.29) is 13.1 Å². The maximum Gasteiger partial charge on any atom is 0.419 e. The van der Waals surface area contributed by atoms with E-state index in [2.05, 4.69) is 10.3 Å². The van der Waals surface area contributed by atoms with E-state index in [0.717, 1.165) is 6.42 Å². The number of aromatic nitrogens is 4. The molecule has 1 aliphatic carbocycles. The van der Waals surface area contributed by atoms with Gasteiger partial charge in [0.05, 0.1) is 46.3 Å². The lowest BCUT2D eigenvalue weighted by Gasteiger charge is -2.49. The minimum absolute atomic E-state index is 0.201. The van der Waals surface area contributed by atoms with Crippen molar-refractivity contribution in [1.29, 1.82) is 0 Å². The summed E-state index contributed by atoms with van der Waals surface area (Å²) in [6.45, 7) is 0.401. The van der Waals surface area contributed by atoms with Crippen LogP contribution >= 0.6 is 11.6 Å². The van der Waals surface area contributed by atoms with Crippen LogP contribution in [0.1, 0.15) is 40.5 Å². The monoisotopic (exact) mass is 545 g/mol. The molecule has 3 aliphatic rings. The van der Waals surface area contributed by atoms with Crippen molar-refractivity contribution in [3.05, 3.63) is 58.8 Å². The van der Waals surface area contributed by atoms with Crippen LogP contribution in [-0.2, 0) is 37.8 Å². The van der Waals surface area contributed by atoms with E-state index in [1.165, 1.54) is 11.7 Å². The van der Waals surface area contributed by atoms with Gasteiger partial charge in [0.15, 0.2) is 0 Å². The zero-order valence-electron chi connectivity index (χ0n) is 23.1. The average molecular weight is 546 g/mol. The first-order valence-corrected chi connectivity index (χ1v) is 13.6. The number of rotatable bonds is 6. The molecule has 3 aromatic rings. The van der Waals surface area contributed by atoms with Crippen molar-refractivity contribution in [1.82, 2.24) is 19.5 Å². The Hall–Kier alpha value is -3.02. The van der Waals surface area contributed by atoms with Crippen molar-refractivity contribution in [2.75, 3.05) is 43.2 Å². The molecule has 1 saturated heterocycles. The summed E-state index contributed by atoms with van der Waals surface area (Å²) in [6.07, 6.45) is 5.37. The van der Waals surface area contributed by atoms with E-state index in [1.54, 1.807) is 36.7 Å². The van der Waals surface area contributed by atoms with Gasteiger partial charge in [0, 0.05) is 36.6 Å². The van der Waals surface area contributed by atoms with Gasteiger partial charge in [-0.2, -0.15) is 4.98 Å². The number of nitrogens with one attached hydrogen (secondary N) is 1. The van der Waals surface area contributed by atoms with Crippen LogP contribution in [0.5, 0.6) is 0 Å². The van der Waals surface area contributed by atoms with Crippen molar-refractivity contribution in [2.45, 2.75) is 41.7 Å². The highest BCUT2D eigenvalue weighted by Crippen LogP contribution is 2.45. The van der Waals surface area contributed by atoms with Gasteiger partial charge < -0.3 is 19.7 Å². The van der Waals surface area contributed by atoms with Crippen molar-refractivity contribution >= 4 is 40.3 Å². The Morgan fingerprint density at radius 1 is 1.24 bits per heavy atom. The fourth-order valence-corrected chi connectivity index (χ4v) is 6.68. The van der Waals surface area contributed by atoms with Crippen molar-refractivity contribution < 1.29 is 22.6 Å². The van der Waals surface area contributed by atoms with Gasteiger partial charge in [-0.05, 0) is 37.0 Å². The first-order chi connectivity index (χ1) is 19.0. The third-order valence-electron chi connectivity index (χ3n) is 7.42. The lowest BCUT2D eigenvalue weighted by Crippen LogP contribution is -2.61. The molecule has 12 heteroatoms. The van der Waals surface area contributed by atoms with Crippen molar-refractivity contribution in [2.24, 2.45) is 0 Å². The SMILES string of the molecule is [2H]C([2H])([2H])OC1(c2ccc(Cl)cc2)CN(c2nc3c(c(NC4(c5nccn5C(=O)OC)CCC4)n2)S(=O)CC3)C1. The lowest BCUT2D eigenvalue weighted by atomic mass is 9.76. The van der Waals surface area contributed by atoms with Gasteiger partial charge in [0.1, 0.15) is 22.1 Å². The molecule has 194 valence electrons. The summed E-state index contributed by atoms with van der Waals surface area (Å²) in [4.78, 5) is 28.8. The number of fused-ring (bicyclic) bond motifs is 1. The third-order valence-corrected chi connectivity index (χ3v) is 9.13. The Balaban J connectivity index is 1.34. The number of halogens is 1. The predicted molar refractivity (Wildman–Crippen MR) is 139 cm³/mol. The topological polar surface area (TPSA) is 111 Å². The smallest absolute Gasteiger partial charge is 0.419 e. The summed E-state index contributed by atoms with van der Waals surface area (Å²) in [6, 6.07) is 6.91. The maximum absolute atomic E-state index is 13.0.